The molecule has 0 saturated heterocycles. The maximum Gasteiger partial charge on any atom is 0.251 e. The second kappa shape index (κ2) is 7.64. The summed E-state index contributed by atoms with van der Waals surface area (Å²) < 4.78 is 5.88. The molecule has 0 fully saturated rings. The summed E-state index contributed by atoms with van der Waals surface area (Å²) in [7, 11) is 0. The van der Waals surface area contributed by atoms with E-state index < -0.39 is 0 Å². The lowest BCUT2D eigenvalue weighted by atomic mass is 9.90. The minimum absolute atomic E-state index is 0.0813. The maximum atomic E-state index is 12.3. The van der Waals surface area contributed by atoms with Gasteiger partial charge in [-0.05, 0) is 54.4 Å². The second-order valence-electron chi connectivity index (χ2n) is 6.82. The number of benzene rings is 3. The zero-order valence-corrected chi connectivity index (χ0v) is 16.6. The predicted octanol–water partition coefficient (Wildman–Crippen LogP) is 4.24. The molecule has 1 aliphatic carbocycles. The van der Waals surface area contributed by atoms with Crippen LogP contribution in [-0.4, -0.2) is 23.3 Å². The number of fused-ring (bicyclic) bond motifs is 2. The summed E-state index contributed by atoms with van der Waals surface area (Å²) in [6.07, 6.45) is 0. The Bertz CT molecular complexity index is 1260. The van der Waals surface area contributed by atoms with Gasteiger partial charge in [0.1, 0.15) is 17.1 Å². The average Bonchev–Trinajstić information content (AvgIpc) is 2.70. The van der Waals surface area contributed by atoms with Crippen LogP contribution in [0.2, 0.25) is 0 Å². The van der Waals surface area contributed by atoms with Crippen LogP contribution in [-0.2, 0) is 0 Å². The Morgan fingerprint density at radius 3 is 2.62 bits per heavy atom. The molecule has 6 heteroatoms. The van der Waals surface area contributed by atoms with Crippen molar-refractivity contribution in [1.82, 2.24) is 5.32 Å². The molecule has 1 heterocycles. The van der Waals surface area contributed by atoms with Crippen LogP contribution in [0.25, 0.3) is 33.4 Å². The minimum atomic E-state index is -0.153. The van der Waals surface area contributed by atoms with Crippen molar-refractivity contribution in [3.05, 3.63) is 75.9 Å². The Kier molecular flexibility index (Phi) is 5.03. The first-order valence-electron chi connectivity index (χ1n) is 9.17. The van der Waals surface area contributed by atoms with E-state index in [0.29, 0.717) is 29.2 Å². The Balaban J connectivity index is 1.95. The normalized spacial score (nSPS) is 11.1. The van der Waals surface area contributed by atoms with Gasteiger partial charge in [0.05, 0.1) is 0 Å². The number of phenols is 1. The zero-order valence-electron chi connectivity index (χ0n) is 15.7. The van der Waals surface area contributed by atoms with E-state index in [2.05, 4.69) is 17.9 Å². The first kappa shape index (κ1) is 19.1. The van der Waals surface area contributed by atoms with E-state index in [9.17, 15) is 14.7 Å². The summed E-state index contributed by atoms with van der Waals surface area (Å²) in [6, 6.07) is 15.1. The topological polar surface area (TPSA) is 79.5 Å². The first-order chi connectivity index (χ1) is 14.0. The van der Waals surface area contributed by atoms with E-state index in [1.165, 1.54) is 18.2 Å². The van der Waals surface area contributed by atoms with Crippen molar-refractivity contribution in [2.75, 3.05) is 12.3 Å². The lowest BCUT2D eigenvalue weighted by Crippen LogP contribution is -2.25. The molecule has 0 saturated carbocycles. The lowest BCUT2D eigenvalue weighted by Gasteiger charge is -2.17. The standard InChI is InChI=1S/C23H19NO4S/c1-13-10-14(23(27)24-8-9-29)2-5-17(13)22-18-6-3-15(25)11-20(18)28-21-12-16(26)4-7-19(21)22/h2-7,10-12,25,29H,8-9H2,1H3,(H,24,27). The van der Waals surface area contributed by atoms with Crippen LogP contribution in [0.4, 0.5) is 0 Å². The van der Waals surface area contributed by atoms with Crippen molar-refractivity contribution in [3.8, 4) is 28.2 Å². The van der Waals surface area contributed by atoms with E-state index in [1.54, 1.807) is 24.3 Å². The van der Waals surface area contributed by atoms with Crippen LogP contribution < -0.4 is 10.7 Å². The van der Waals surface area contributed by atoms with Gasteiger partial charge in [0.2, 0.25) is 0 Å². The van der Waals surface area contributed by atoms with Crippen molar-refractivity contribution in [1.29, 1.82) is 0 Å². The Hall–Kier alpha value is -3.25. The van der Waals surface area contributed by atoms with Crippen molar-refractivity contribution in [2.45, 2.75) is 6.92 Å². The van der Waals surface area contributed by atoms with Crippen LogP contribution >= 0.6 is 12.6 Å². The number of rotatable bonds is 4. The van der Waals surface area contributed by atoms with Gasteiger partial charge in [-0.2, -0.15) is 12.6 Å². The van der Waals surface area contributed by atoms with E-state index in [4.69, 9.17) is 4.42 Å². The van der Waals surface area contributed by atoms with E-state index >= 15 is 0 Å². The molecule has 0 aromatic heterocycles. The van der Waals surface area contributed by atoms with Gasteiger partial charge >= 0.3 is 0 Å². The number of hydrogen-bond donors (Lipinski definition) is 3. The summed E-state index contributed by atoms with van der Waals surface area (Å²) >= 11 is 4.11. The Morgan fingerprint density at radius 2 is 1.86 bits per heavy atom. The van der Waals surface area contributed by atoms with Crippen LogP contribution in [0.1, 0.15) is 15.9 Å². The molecule has 2 N–H and O–H groups in total. The summed E-state index contributed by atoms with van der Waals surface area (Å²) in [5.41, 5.74) is 4.41. The molecule has 0 bridgehead atoms. The van der Waals surface area contributed by atoms with Crippen LogP contribution in [0.5, 0.6) is 5.75 Å². The molecular weight excluding hydrogens is 386 g/mol. The fourth-order valence-electron chi connectivity index (χ4n) is 3.51. The second-order valence-corrected chi connectivity index (χ2v) is 7.27. The highest BCUT2D eigenvalue weighted by Crippen LogP contribution is 2.41. The maximum absolute atomic E-state index is 12.3. The van der Waals surface area contributed by atoms with Crippen molar-refractivity contribution >= 4 is 29.5 Å². The average molecular weight is 405 g/mol. The third kappa shape index (κ3) is 3.59. The number of phenolic OH excluding ortho intramolecular Hbond substituents is 1. The monoisotopic (exact) mass is 405 g/mol. The Labute approximate surface area is 172 Å². The van der Waals surface area contributed by atoms with Crippen molar-refractivity contribution < 1.29 is 14.3 Å². The van der Waals surface area contributed by atoms with Gasteiger partial charge in [-0.3, -0.25) is 9.59 Å². The SMILES string of the molecule is Cc1cc(C(=O)NCCS)ccc1-c1c2ccc(=O)cc-2oc2cc(O)ccc12. The highest BCUT2D eigenvalue weighted by Gasteiger charge is 2.19. The molecule has 0 radical (unpaired) electrons. The molecule has 0 unspecified atom stereocenters. The van der Waals surface area contributed by atoms with Gasteiger partial charge in [-0.1, -0.05) is 6.07 Å². The first-order valence-corrected chi connectivity index (χ1v) is 9.81. The number of nitrogens with one attached hydrogen (secondary N) is 1. The third-order valence-electron chi connectivity index (χ3n) is 4.83. The molecule has 2 aliphatic rings. The highest BCUT2D eigenvalue weighted by molar-refractivity contribution is 7.80. The van der Waals surface area contributed by atoms with Crippen molar-refractivity contribution in [3.63, 3.8) is 0 Å². The largest absolute Gasteiger partial charge is 0.508 e. The number of thiol groups is 1. The van der Waals surface area contributed by atoms with Gasteiger partial charge in [-0.25, -0.2) is 0 Å². The smallest absolute Gasteiger partial charge is 0.251 e. The summed E-state index contributed by atoms with van der Waals surface area (Å²) in [5, 5.41) is 13.5. The number of carbonyl (C=O) groups is 1. The van der Waals surface area contributed by atoms with Gasteiger partial charge in [-0.15, -0.1) is 0 Å². The number of aryl methyl sites for hydroxylation is 1. The van der Waals surface area contributed by atoms with E-state index in [0.717, 1.165) is 27.6 Å². The number of aromatic hydroxyl groups is 1. The summed E-state index contributed by atoms with van der Waals surface area (Å²) in [6.45, 7) is 2.44. The van der Waals surface area contributed by atoms with E-state index in [1.807, 2.05) is 19.1 Å². The summed E-state index contributed by atoms with van der Waals surface area (Å²) in [5.74, 6) is 0.953. The zero-order chi connectivity index (χ0) is 20.5. The van der Waals surface area contributed by atoms with Crippen LogP contribution in [0, 0.1) is 6.92 Å². The van der Waals surface area contributed by atoms with Gasteiger partial charge in [0.25, 0.3) is 5.91 Å². The van der Waals surface area contributed by atoms with Gasteiger partial charge in [0.15, 0.2) is 5.43 Å². The van der Waals surface area contributed by atoms with Crippen LogP contribution in [0.15, 0.2) is 63.8 Å². The predicted molar refractivity (Wildman–Crippen MR) is 117 cm³/mol. The quantitative estimate of drug-likeness (QED) is 0.351. The van der Waals surface area contributed by atoms with E-state index in [-0.39, 0.29) is 17.1 Å². The summed E-state index contributed by atoms with van der Waals surface area (Å²) in [4.78, 5) is 24.1. The molecule has 5 nitrogen and oxygen atoms in total. The molecule has 0 spiro atoms. The molecule has 1 amide bonds. The fourth-order valence-corrected chi connectivity index (χ4v) is 3.62. The molecule has 29 heavy (non-hydrogen) atoms. The molecular formula is C23H19NO4S. The number of hydrogen-bond acceptors (Lipinski definition) is 5. The fraction of sp³-hybridized carbons (Fsp3) is 0.130. The molecule has 1 aliphatic heterocycles. The molecule has 0 atom stereocenters. The third-order valence-corrected chi connectivity index (χ3v) is 5.06. The number of carbonyl (C=O) groups excluding carboxylic acids is 1. The van der Waals surface area contributed by atoms with Gasteiger partial charge < -0.3 is 14.8 Å². The molecule has 146 valence electrons. The van der Waals surface area contributed by atoms with Crippen LogP contribution in [0.3, 0.4) is 0 Å². The van der Waals surface area contributed by atoms with Crippen molar-refractivity contribution in [2.24, 2.45) is 0 Å². The minimum Gasteiger partial charge on any atom is -0.508 e. The highest BCUT2D eigenvalue weighted by atomic mass is 32.1. The van der Waals surface area contributed by atoms with Gasteiger partial charge in [0, 0.05) is 46.5 Å². The molecule has 2 aromatic rings. The lowest BCUT2D eigenvalue weighted by molar-refractivity contribution is 0.0956. The molecule has 2 aromatic carbocycles. The molecule has 4 rings (SSSR count). The number of amides is 1. The Morgan fingerprint density at radius 1 is 1.07 bits per heavy atom.